The number of rotatable bonds is 3. The Morgan fingerprint density at radius 2 is 1.89 bits per heavy atom. The molecule has 4 rings (SSSR count). The second-order valence-corrected chi connectivity index (χ2v) is 8.64. The van der Waals surface area contributed by atoms with Gasteiger partial charge in [0, 0.05) is 36.4 Å². The van der Waals surface area contributed by atoms with E-state index in [2.05, 4.69) is 51.8 Å². The molecule has 1 aromatic carbocycles. The molecule has 6 heteroatoms. The smallest absolute Gasteiger partial charge is 0.315 e. The van der Waals surface area contributed by atoms with Crippen LogP contribution < -0.4 is 5.56 Å². The number of likely N-dealkylation sites (N-methyl/N-ethyl adjacent to an activating group) is 1. The highest BCUT2D eigenvalue weighted by Crippen LogP contribution is 2.44. The van der Waals surface area contributed by atoms with E-state index in [4.69, 9.17) is 0 Å². The van der Waals surface area contributed by atoms with Crippen LogP contribution in [-0.2, 0) is 18.4 Å². The minimum Gasteiger partial charge on any atom is -0.501 e. The fourth-order valence-corrected chi connectivity index (χ4v) is 4.81. The summed E-state index contributed by atoms with van der Waals surface area (Å²) in [6.45, 7) is 5.55. The molecular weight excluding hydrogens is 406 g/mol. The molecule has 1 saturated carbocycles. The zero-order valence-corrected chi connectivity index (χ0v) is 17.1. The van der Waals surface area contributed by atoms with Crippen molar-refractivity contribution in [2.75, 3.05) is 13.6 Å². The van der Waals surface area contributed by atoms with Crippen LogP contribution in [0.4, 0.5) is 0 Å². The molecule has 0 radical (unpaired) electrons. The maximum Gasteiger partial charge on any atom is 0.315 e. The fraction of sp³-hybridized carbons (Fsp3) is 0.429. The first-order valence-corrected chi connectivity index (χ1v) is 10.2. The number of aromatic hydroxyl groups is 1. The minimum atomic E-state index is -0.559. The van der Waals surface area contributed by atoms with E-state index >= 15 is 0 Å². The molecule has 1 fully saturated rings. The zero-order valence-electron chi connectivity index (χ0n) is 15.5. The molecule has 1 aliphatic carbocycles. The van der Waals surface area contributed by atoms with Gasteiger partial charge < -0.3 is 14.6 Å². The zero-order chi connectivity index (χ0) is 19.2. The summed E-state index contributed by atoms with van der Waals surface area (Å²) in [5.74, 6) is 0.464. The van der Waals surface area contributed by atoms with Gasteiger partial charge in [-0.3, -0.25) is 4.79 Å². The van der Waals surface area contributed by atoms with Crippen LogP contribution in [0.1, 0.15) is 42.8 Å². The Labute approximate surface area is 167 Å². The Bertz CT molecular complexity index is 943. The molecule has 1 N–H and O–H groups in total. The van der Waals surface area contributed by atoms with Gasteiger partial charge in [0.25, 0.3) is 0 Å². The van der Waals surface area contributed by atoms with Gasteiger partial charge in [0.15, 0.2) is 0 Å². The first kappa shape index (κ1) is 18.3. The fourth-order valence-electron chi connectivity index (χ4n) is 4.55. The van der Waals surface area contributed by atoms with E-state index in [-0.39, 0.29) is 11.2 Å². The molecule has 2 aromatic rings. The number of aromatic nitrogens is 2. The van der Waals surface area contributed by atoms with Gasteiger partial charge in [0.2, 0.25) is 5.75 Å². The average Bonchev–Trinajstić information content (AvgIpc) is 3.12. The van der Waals surface area contributed by atoms with Crippen molar-refractivity contribution in [3.05, 3.63) is 62.8 Å². The molecule has 2 aliphatic rings. The Morgan fingerprint density at radius 1 is 1.22 bits per heavy atom. The van der Waals surface area contributed by atoms with E-state index in [1.165, 1.54) is 18.4 Å². The van der Waals surface area contributed by atoms with E-state index < -0.39 is 5.56 Å². The number of halogens is 1. The van der Waals surface area contributed by atoms with Crippen LogP contribution in [0.15, 0.2) is 40.1 Å². The van der Waals surface area contributed by atoms with Crippen molar-refractivity contribution in [1.29, 1.82) is 0 Å². The second-order valence-electron chi connectivity index (χ2n) is 7.72. The number of benzene rings is 1. The molecule has 2 heterocycles. The van der Waals surface area contributed by atoms with Crippen LogP contribution in [0.25, 0.3) is 5.70 Å². The van der Waals surface area contributed by atoms with Crippen LogP contribution in [0, 0.1) is 0 Å². The average molecular weight is 430 g/mol. The Balaban J connectivity index is 1.82. The predicted molar refractivity (Wildman–Crippen MR) is 110 cm³/mol. The maximum absolute atomic E-state index is 12.4. The summed E-state index contributed by atoms with van der Waals surface area (Å²) >= 11 is 3.52. The summed E-state index contributed by atoms with van der Waals surface area (Å²) in [4.78, 5) is 18.6. The molecule has 0 amide bonds. The summed E-state index contributed by atoms with van der Waals surface area (Å²) in [5, 5.41) is 10.3. The van der Waals surface area contributed by atoms with Crippen molar-refractivity contribution in [1.82, 2.24) is 14.5 Å². The summed E-state index contributed by atoms with van der Waals surface area (Å²) < 4.78 is 3.06. The van der Waals surface area contributed by atoms with E-state index in [1.807, 2.05) is 16.5 Å². The Hall–Kier alpha value is -2.08. The molecule has 5 nitrogen and oxygen atoms in total. The van der Waals surface area contributed by atoms with Crippen molar-refractivity contribution in [3.8, 4) is 5.75 Å². The van der Waals surface area contributed by atoms with Crippen molar-refractivity contribution in [2.24, 2.45) is 0 Å². The third-order valence-electron chi connectivity index (χ3n) is 6.15. The van der Waals surface area contributed by atoms with Gasteiger partial charge in [-0.15, -0.1) is 0 Å². The quantitative estimate of drug-likeness (QED) is 0.807. The largest absolute Gasteiger partial charge is 0.501 e. The number of fused-ring (bicyclic) bond motifs is 1. The molecule has 0 bridgehead atoms. The highest BCUT2D eigenvalue weighted by molar-refractivity contribution is 9.10. The molecule has 0 spiro atoms. The van der Waals surface area contributed by atoms with Crippen molar-refractivity contribution < 1.29 is 5.11 Å². The van der Waals surface area contributed by atoms with E-state index in [1.54, 1.807) is 0 Å². The van der Waals surface area contributed by atoms with Gasteiger partial charge in [-0.05, 0) is 30.5 Å². The van der Waals surface area contributed by atoms with E-state index in [0.717, 1.165) is 29.7 Å². The lowest BCUT2D eigenvalue weighted by atomic mass is 9.76. The topological polar surface area (TPSA) is 58.4 Å². The van der Waals surface area contributed by atoms with Crippen molar-refractivity contribution >= 4 is 21.6 Å². The molecule has 0 atom stereocenters. The summed E-state index contributed by atoms with van der Waals surface area (Å²) in [6.07, 6.45) is 5.23. The maximum atomic E-state index is 12.4. The third kappa shape index (κ3) is 3.10. The van der Waals surface area contributed by atoms with Gasteiger partial charge in [-0.25, -0.2) is 0 Å². The van der Waals surface area contributed by atoms with Crippen LogP contribution in [0.2, 0.25) is 0 Å². The second kappa shape index (κ2) is 6.82. The van der Waals surface area contributed by atoms with Crippen LogP contribution >= 0.6 is 15.9 Å². The Kier molecular flexibility index (Phi) is 4.62. The van der Waals surface area contributed by atoms with Gasteiger partial charge in [-0.1, -0.05) is 47.5 Å². The minimum absolute atomic E-state index is 0.0113. The highest BCUT2D eigenvalue weighted by atomic mass is 79.9. The molecule has 1 aromatic heterocycles. The summed E-state index contributed by atoms with van der Waals surface area (Å²) in [6, 6.07) is 8.52. The van der Waals surface area contributed by atoms with Gasteiger partial charge in [0.1, 0.15) is 11.5 Å². The Morgan fingerprint density at radius 3 is 2.56 bits per heavy atom. The molecular formula is C21H24BrN3O2. The normalized spacial score (nSPS) is 18.6. The third-order valence-corrected chi connectivity index (χ3v) is 6.67. The molecule has 0 unspecified atom stereocenters. The van der Waals surface area contributed by atoms with Crippen LogP contribution in [0.3, 0.4) is 0 Å². The van der Waals surface area contributed by atoms with Crippen molar-refractivity contribution in [3.63, 3.8) is 0 Å². The molecule has 27 heavy (non-hydrogen) atoms. The number of nitrogens with zero attached hydrogens (tertiary/aromatic N) is 3. The lowest BCUT2D eigenvalue weighted by Gasteiger charge is -2.35. The highest BCUT2D eigenvalue weighted by Gasteiger charge is 2.38. The lowest BCUT2D eigenvalue weighted by molar-refractivity contribution is 0.357. The first-order chi connectivity index (χ1) is 12.9. The van der Waals surface area contributed by atoms with Crippen LogP contribution in [0.5, 0.6) is 5.75 Å². The first-order valence-electron chi connectivity index (χ1n) is 9.40. The summed E-state index contributed by atoms with van der Waals surface area (Å²) in [7, 11) is 1.93. The van der Waals surface area contributed by atoms with Crippen LogP contribution in [-0.4, -0.2) is 33.1 Å². The number of hydrogen-bond donors (Lipinski definition) is 1. The SMILES string of the molecule is C=C1c2c(O)c(=O)nc(CC3(c4ccc(Br)cc4)CCCC3)n2CCN1C. The van der Waals surface area contributed by atoms with Gasteiger partial charge in [0.05, 0.1) is 5.70 Å². The lowest BCUT2D eigenvalue weighted by Crippen LogP contribution is -2.36. The standard InChI is InChI=1S/C21H24BrN3O2/c1-14-18-19(26)20(27)23-17(25(18)12-11-24(14)2)13-21(9-3-4-10-21)15-5-7-16(22)8-6-15/h5-8,26H,1,3-4,9-13H2,2H3. The predicted octanol–water partition coefficient (Wildman–Crippen LogP) is 3.68. The summed E-state index contributed by atoms with van der Waals surface area (Å²) in [5.41, 5.74) is 1.91. The van der Waals surface area contributed by atoms with Crippen molar-refractivity contribution in [2.45, 2.75) is 44.1 Å². The molecule has 1 aliphatic heterocycles. The monoisotopic (exact) mass is 429 g/mol. The molecule has 0 saturated heterocycles. The molecule has 142 valence electrons. The number of hydrogen-bond acceptors (Lipinski definition) is 4. The van der Waals surface area contributed by atoms with E-state index in [9.17, 15) is 9.90 Å². The van der Waals surface area contributed by atoms with Gasteiger partial charge in [-0.2, -0.15) is 4.98 Å². The van der Waals surface area contributed by atoms with E-state index in [0.29, 0.717) is 24.4 Å². The van der Waals surface area contributed by atoms with Gasteiger partial charge >= 0.3 is 5.56 Å².